The fourth-order valence-electron chi connectivity index (χ4n) is 2.07. The fourth-order valence-corrected chi connectivity index (χ4v) is 2.07. The molecule has 0 amide bonds. The molecule has 0 aliphatic heterocycles. The average molecular weight is 281 g/mol. The van der Waals surface area contributed by atoms with Crippen molar-refractivity contribution in [1.82, 2.24) is 4.90 Å². The van der Waals surface area contributed by atoms with Crippen LogP contribution in [0, 0.1) is 5.82 Å². The van der Waals surface area contributed by atoms with Crippen molar-refractivity contribution in [3.8, 4) is 0 Å². The molecule has 0 saturated heterocycles. The van der Waals surface area contributed by atoms with Gasteiger partial charge in [-0.05, 0) is 70.1 Å². The highest BCUT2D eigenvalue weighted by Crippen LogP contribution is 2.08. The zero-order valence-electron chi connectivity index (χ0n) is 12.1. The van der Waals surface area contributed by atoms with E-state index < -0.39 is 0 Å². The highest BCUT2D eigenvalue weighted by molar-refractivity contribution is 5.95. The molecule has 1 aromatic carbocycles. The van der Waals surface area contributed by atoms with Gasteiger partial charge >= 0.3 is 0 Å². The van der Waals surface area contributed by atoms with E-state index in [9.17, 15) is 9.18 Å². The van der Waals surface area contributed by atoms with Crippen molar-refractivity contribution in [2.24, 2.45) is 0 Å². The van der Waals surface area contributed by atoms with E-state index in [4.69, 9.17) is 5.11 Å². The maximum Gasteiger partial charge on any atom is 0.162 e. The smallest absolute Gasteiger partial charge is 0.162 e. The quantitative estimate of drug-likeness (QED) is 0.529. The van der Waals surface area contributed by atoms with Crippen molar-refractivity contribution in [3.63, 3.8) is 0 Å². The number of benzene rings is 1. The molecule has 0 bridgehead atoms. The number of Topliss-reactive ketones (excluding diaryl/α,β-unsaturated/α-hetero) is 1. The second-order valence-electron chi connectivity index (χ2n) is 5.12. The number of aliphatic hydroxyl groups excluding tert-OH is 1. The molecule has 3 nitrogen and oxygen atoms in total. The van der Waals surface area contributed by atoms with Crippen LogP contribution in [0.5, 0.6) is 0 Å². The molecule has 0 saturated carbocycles. The number of carbonyl (C=O) groups is 1. The van der Waals surface area contributed by atoms with Crippen molar-refractivity contribution in [3.05, 3.63) is 35.6 Å². The maximum absolute atomic E-state index is 12.7. The number of unbranched alkanes of at least 4 members (excludes halogenated alkanes) is 2. The summed E-state index contributed by atoms with van der Waals surface area (Å²) in [6.07, 6.45) is 4.27. The molecule has 0 radical (unpaired) electrons. The van der Waals surface area contributed by atoms with E-state index in [0.717, 1.165) is 38.8 Å². The summed E-state index contributed by atoms with van der Waals surface area (Å²) in [6, 6.07) is 5.72. The van der Waals surface area contributed by atoms with Gasteiger partial charge in [0.05, 0.1) is 0 Å². The third-order valence-corrected chi connectivity index (χ3v) is 3.31. The number of aliphatic hydroxyl groups is 1. The molecule has 1 N–H and O–H groups in total. The molecule has 4 heteroatoms. The third-order valence-electron chi connectivity index (χ3n) is 3.31. The highest BCUT2D eigenvalue weighted by atomic mass is 19.1. The lowest BCUT2D eigenvalue weighted by molar-refractivity contribution is 0.0976. The Morgan fingerprint density at radius 3 is 2.40 bits per heavy atom. The third kappa shape index (κ3) is 6.78. The normalized spacial score (nSPS) is 11.0. The fraction of sp³-hybridized carbons (Fsp3) is 0.562. The van der Waals surface area contributed by atoms with Crippen LogP contribution in [0.25, 0.3) is 0 Å². The molecule has 0 fully saturated rings. The lowest BCUT2D eigenvalue weighted by Gasteiger charge is -2.15. The molecule has 0 spiro atoms. The summed E-state index contributed by atoms with van der Waals surface area (Å²) < 4.78 is 12.7. The van der Waals surface area contributed by atoms with Crippen molar-refractivity contribution < 1.29 is 14.3 Å². The minimum absolute atomic E-state index is 0.0682. The van der Waals surface area contributed by atoms with E-state index in [-0.39, 0.29) is 18.2 Å². The standard InChI is InChI=1S/C16H24FNO2/c1-18(11-3-2-4-13-19)12-5-6-16(20)14-7-9-15(17)10-8-14/h7-10,19H,2-6,11-13H2,1H3. The summed E-state index contributed by atoms with van der Waals surface area (Å²) in [5.74, 6) is -0.247. The van der Waals surface area contributed by atoms with Crippen LogP contribution >= 0.6 is 0 Å². The van der Waals surface area contributed by atoms with Crippen LogP contribution in [-0.2, 0) is 0 Å². The van der Waals surface area contributed by atoms with Crippen LogP contribution in [-0.4, -0.2) is 42.5 Å². The SMILES string of the molecule is CN(CCCCCO)CCCC(=O)c1ccc(F)cc1. The number of rotatable bonds is 10. The summed E-state index contributed by atoms with van der Waals surface area (Å²) in [7, 11) is 2.04. The summed E-state index contributed by atoms with van der Waals surface area (Å²) in [6.45, 7) is 2.13. The first kappa shape index (κ1) is 16.8. The molecule has 0 unspecified atom stereocenters. The van der Waals surface area contributed by atoms with Gasteiger partial charge in [-0.3, -0.25) is 4.79 Å². The Morgan fingerprint density at radius 2 is 1.75 bits per heavy atom. The lowest BCUT2D eigenvalue weighted by atomic mass is 10.1. The van der Waals surface area contributed by atoms with Gasteiger partial charge < -0.3 is 10.0 Å². The van der Waals surface area contributed by atoms with Gasteiger partial charge in [0.25, 0.3) is 0 Å². The zero-order valence-corrected chi connectivity index (χ0v) is 12.1. The van der Waals surface area contributed by atoms with Crippen LogP contribution in [0.2, 0.25) is 0 Å². The predicted molar refractivity (Wildman–Crippen MR) is 78.4 cm³/mol. The maximum atomic E-state index is 12.7. The highest BCUT2D eigenvalue weighted by Gasteiger charge is 2.06. The first-order valence-corrected chi connectivity index (χ1v) is 7.21. The Balaban J connectivity index is 2.16. The first-order valence-electron chi connectivity index (χ1n) is 7.21. The Morgan fingerprint density at radius 1 is 1.10 bits per heavy atom. The number of hydrogen-bond acceptors (Lipinski definition) is 3. The summed E-state index contributed by atoms with van der Waals surface area (Å²) >= 11 is 0. The van der Waals surface area contributed by atoms with E-state index in [1.165, 1.54) is 24.3 Å². The Labute approximate surface area is 120 Å². The molecular weight excluding hydrogens is 257 g/mol. The van der Waals surface area contributed by atoms with Gasteiger partial charge in [0, 0.05) is 18.6 Å². The largest absolute Gasteiger partial charge is 0.396 e. The summed E-state index contributed by atoms with van der Waals surface area (Å²) in [4.78, 5) is 14.1. The van der Waals surface area contributed by atoms with Crippen molar-refractivity contribution in [1.29, 1.82) is 0 Å². The molecule has 0 heterocycles. The van der Waals surface area contributed by atoms with Crippen molar-refractivity contribution in [2.75, 3.05) is 26.7 Å². The van der Waals surface area contributed by atoms with Gasteiger partial charge in [0.1, 0.15) is 5.82 Å². The molecule has 112 valence electrons. The van der Waals surface area contributed by atoms with Gasteiger partial charge in [0.15, 0.2) is 5.78 Å². The Hall–Kier alpha value is -1.26. The first-order chi connectivity index (χ1) is 9.63. The number of nitrogens with zero attached hydrogens (tertiary/aromatic N) is 1. The zero-order chi connectivity index (χ0) is 14.8. The van der Waals surface area contributed by atoms with Gasteiger partial charge in [0.2, 0.25) is 0 Å². The monoisotopic (exact) mass is 281 g/mol. The molecule has 1 aromatic rings. The second-order valence-corrected chi connectivity index (χ2v) is 5.12. The molecule has 0 aromatic heterocycles. The van der Waals surface area contributed by atoms with Crippen LogP contribution < -0.4 is 0 Å². The number of halogens is 1. The van der Waals surface area contributed by atoms with E-state index in [2.05, 4.69) is 4.90 Å². The van der Waals surface area contributed by atoms with Crippen LogP contribution in [0.15, 0.2) is 24.3 Å². The molecule has 20 heavy (non-hydrogen) atoms. The van der Waals surface area contributed by atoms with E-state index in [1.807, 2.05) is 7.05 Å². The average Bonchev–Trinajstić information content (AvgIpc) is 2.44. The molecular formula is C16H24FNO2. The van der Waals surface area contributed by atoms with Gasteiger partial charge in [-0.1, -0.05) is 0 Å². The molecule has 1 rings (SSSR count). The Bertz CT molecular complexity index is 392. The molecule has 0 aliphatic carbocycles. The topological polar surface area (TPSA) is 40.5 Å². The lowest BCUT2D eigenvalue weighted by Crippen LogP contribution is -2.21. The number of carbonyl (C=O) groups excluding carboxylic acids is 1. The van der Waals surface area contributed by atoms with Crippen LogP contribution in [0.4, 0.5) is 4.39 Å². The Kier molecular flexibility index (Phi) is 8.07. The molecule has 0 aliphatic rings. The van der Waals surface area contributed by atoms with Gasteiger partial charge in [-0.15, -0.1) is 0 Å². The van der Waals surface area contributed by atoms with Crippen molar-refractivity contribution in [2.45, 2.75) is 32.1 Å². The number of ketones is 1. The van der Waals surface area contributed by atoms with Crippen LogP contribution in [0.3, 0.4) is 0 Å². The van der Waals surface area contributed by atoms with E-state index in [0.29, 0.717) is 12.0 Å². The predicted octanol–water partition coefficient (Wildman–Crippen LogP) is 2.88. The minimum atomic E-state index is -0.316. The molecule has 0 atom stereocenters. The minimum Gasteiger partial charge on any atom is -0.396 e. The van der Waals surface area contributed by atoms with E-state index in [1.54, 1.807) is 0 Å². The van der Waals surface area contributed by atoms with Gasteiger partial charge in [-0.2, -0.15) is 0 Å². The second kappa shape index (κ2) is 9.61. The summed E-state index contributed by atoms with van der Waals surface area (Å²) in [5.41, 5.74) is 0.581. The van der Waals surface area contributed by atoms with Gasteiger partial charge in [-0.25, -0.2) is 4.39 Å². The number of hydrogen-bond donors (Lipinski definition) is 1. The van der Waals surface area contributed by atoms with Crippen molar-refractivity contribution >= 4 is 5.78 Å². The van der Waals surface area contributed by atoms with E-state index >= 15 is 0 Å². The van der Waals surface area contributed by atoms with Crippen LogP contribution in [0.1, 0.15) is 42.5 Å². The summed E-state index contributed by atoms with van der Waals surface area (Å²) in [5, 5.41) is 8.68.